The SMILES string of the molecule is CCOc1nc(Cl)nc(Nc2ccccc2C(F)(F)F)n1. The van der Waals surface area contributed by atoms with Gasteiger partial charge in [-0.25, -0.2) is 0 Å². The number of para-hydroxylation sites is 1. The fraction of sp³-hybridized carbons (Fsp3) is 0.250. The lowest BCUT2D eigenvalue weighted by Crippen LogP contribution is -2.10. The summed E-state index contributed by atoms with van der Waals surface area (Å²) in [6.07, 6.45) is -4.50. The van der Waals surface area contributed by atoms with Gasteiger partial charge in [0, 0.05) is 0 Å². The predicted molar refractivity (Wildman–Crippen MR) is 70.7 cm³/mol. The van der Waals surface area contributed by atoms with Crippen molar-refractivity contribution in [2.24, 2.45) is 0 Å². The Hall–Kier alpha value is -2.09. The maximum atomic E-state index is 12.9. The van der Waals surface area contributed by atoms with E-state index >= 15 is 0 Å². The van der Waals surface area contributed by atoms with Crippen molar-refractivity contribution >= 4 is 23.2 Å². The number of ether oxygens (including phenoxy) is 1. The Labute approximate surface area is 123 Å². The van der Waals surface area contributed by atoms with Crippen LogP contribution in [0.25, 0.3) is 0 Å². The number of rotatable bonds is 4. The zero-order valence-electron chi connectivity index (χ0n) is 10.8. The highest BCUT2D eigenvalue weighted by Crippen LogP contribution is 2.35. The highest BCUT2D eigenvalue weighted by molar-refractivity contribution is 6.28. The molecule has 1 aromatic heterocycles. The van der Waals surface area contributed by atoms with Crippen LogP contribution >= 0.6 is 11.6 Å². The molecule has 0 bridgehead atoms. The van der Waals surface area contributed by atoms with E-state index in [0.29, 0.717) is 6.61 Å². The molecule has 1 N–H and O–H groups in total. The predicted octanol–water partition coefficient (Wildman–Crippen LogP) is 3.69. The Bertz CT molecular complexity index is 636. The van der Waals surface area contributed by atoms with E-state index in [4.69, 9.17) is 16.3 Å². The van der Waals surface area contributed by atoms with Gasteiger partial charge >= 0.3 is 12.2 Å². The summed E-state index contributed by atoms with van der Waals surface area (Å²) in [5, 5.41) is 2.29. The molecule has 0 aliphatic heterocycles. The first-order chi connectivity index (χ1) is 9.90. The molecule has 1 heterocycles. The molecular formula is C12H10ClF3N4O. The van der Waals surface area contributed by atoms with Gasteiger partial charge in [0.1, 0.15) is 0 Å². The minimum atomic E-state index is -4.50. The van der Waals surface area contributed by atoms with Crippen LogP contribution in [0.15, 0.2) is 24.3 Å². The van der Waals surface area contributed by atoms with Gasteiger partial charge < -0.3 is 10.1 Å². The summed E-state index contributed by atoms with van der Waals surface area (Å²) in [6, 6.07) is 4.91. The van der Waals surface area contributed by atoms with E-state index in [1.165, 1.54) is 18.2 Å². The Balaban J connectivity index is 2.35. The highest BCUT2D eigenvalue weighted by Gasteiger charge is 2.33. The first-order valence-corrected chi connectivity index (χ1v) is 6.25. The van der Waals surface area contributed by atoms with Crippen molar-refractivity contribution in [3.8, 4) is 6.01 Å². The van der Waals surface area contributed by atoms with Crippen LogP contribution in [0.1, 0.15) is 12.5 Å². The summed E-state index contributed by atoms with van der Waals surface area (Å²) in [5.41, 5.74) is -1.02. The summed E-state index contributed by atoms with van der Waals surface area (Å²) in [4.78, 5) is 11.2. The molecule has 0 radical (unpaired) electrons. The van der Waals surface area contributed by atoms with Gasteiger partial charge in [-0.15, -0.1) is 0 Å². The fourth-order valence-corrected chi connectivity index (χ4v) is 1.69. The number of hydrogen-bond acceptors (Lipinski definition) is 5. The summed E-state index contributed by atoms with van der Waals surface area (Å²) in [7, 11) is 0. The molecule has 0 aliphatic rings. The quantitative estimate of drug-likeness (QED) is 0.931. The number of alkyl halides is 3. The van der Waals surface area contributed by atoms with Crippen molar-refractivity contribution in [2.75, 3.05) is 11.9 Å². The third-order valence-electron chi connectivity index (χ3n) is 2.34. The number of nitrogens with zero attached hydrogens (tertiary/aromatic N) is 3. The van der Waals surface area contributed by atoms with Crippen molar-refractivity contribution in [2.45, 2.75) is 13.1 Å². The molecule has 9 heteroatoms. The van der Waals surface area contributed by atoms with Crippen molar-refractivity contribution in [1.29, 1.82) is 0 Å². The molecule has 0 saturated heterocycles. The van der Waals surface area contributed by atoms with E-state index < -0.39 is 11.7 Å². The van der Waals surface area contributed by atoms with Crippen molar-refractivity contribution in [1.82, 2.24) is 15.0 Å². The van der Waals surface area contributed by atoms with Gasteiger partial charge in [0.05, 0.1) is 17.9 Å². The molecule has 112 valence electrons. The Kier molecular flexibility index (Phi) is 4.46. The third kappa shape index (κ3) is 3.94. The molecule has 0 atom stereocenters. The van der Waals surface area contributed by atoms with Gasteiger partial charge in [-0.2, -0.15) is 28.1 Å². The molecule has 5 nitrogen and oxygen atoms in total. The standard InChI is InChI=1S/C12H10ClF3N4O/c1-2-21-11-19-9(13)18-10(20-11)17-8-6-4-3-5-7(8)12(14,15)16/h3-6H,2H2,1H3,(H,17,18,19,20). The van der Waals surface area contributed by atoms with Gasteiger partial charge in [0.2, 0.25) is 11.2 Å². The van der Waals surface area contributed by atoms with Crippen molar-refractivity contribution in [3.63, 3.8) is 0 Å². The monoisotopic (exact) mass is 318 g/mol. The van der Waals surface area contributed by atoms with Crippen LogP contribution < -0.4 is 10.1 Å². The summed E-state index contributed by atoms with van der Waals surface area (Å²) >= 11 is 5.68. The van der Waals surface area contributed by atoms with Crippen LogP contribution in [0.4, 0.5) is 24.8 Å². The number of halogens is 4. The van der Waals surface area contributed by atoms with Gasteiger partial charge in [-0.3, -0.25) is 0 Å². The average molecular weight is 319 g/mol. The van der Waals surface area contributed by atoms with Gasteiger partial charge in [0.25, 0.3) is 0 Å². The first kappa shape index (κ1) is 15.3. The molecule has 0 amide bonds. The van der Waals surface area contributed by atoms with E-state index in [1.807, 2.05) is 0 Å². The molecule has 0 aliphatic carbocycles. The Morgan fingerprint density at radius 1 is 1.19 bits per heavy atom. The summed E-state index contributed by atoms with van der Waals surface area (Å²) in [5.74, 6) is -0.129. The van der Waals surface area contributed by atoms with E-state index in [9.17, 15) is 13.2 Å². The van der Waals surface area contributed by atoms with Gasteiger partial charge in [-0.1, -0.05) is 12.1 Å². The molecule has 0 unspecified atom stereocenters. The first-order valence-electron chi connectivity index (χ1n) is 5.87. The van der Waals surface area contributed by atoms with Crippen molar-refractivity contribution < 1.29 is 17.9 Å². The van der Waals surface area contributed by atoms with Gasteiger partial charge in [-0.05, 0) is 30.7 Å². The van der Waals surface area contributed by atoms with Crippen LogP contribution in [0.5, 0.6) is 6.01 Å². The largest absolute Gasteiger partial charge is 0.464 e. The molecule has 0 fully saturated rings. The third-order valence-corrected chi connectivity index (χ3v) is 2.51. The zero-order valence-corrected chi connectivity index (χ0v) is 11.5. The van der Waals surface area contributed by atoms with Crippen LogP contribution in [0.3, 0.4) is 0 Å². The van der Waals surface area contributed by atoms with Crippen molar-refractivity contribution in [3.05, 3.63) is 35.1 Å². The topological polar surface area (TPSA) is 59.9 Å². The second kappa shape index (κ2) is 6.13. The smallest absolute Gasteiger partial charge is 0.418 e. The fourth-order valence-electron chi connectivity index (χ4n) is 1.54. The molecule has 1 aromatic carbocycles. The number of benzene rings is 1. The van der Waals surface area contributed by atoms with E-state index in [-0.39, 0.29) is 22.9 Å². The molecule has 0 saturated carbocycles. The van der Waals surface area contributed by atoms with E-state index in [1.54, 1.807) is 6.92 Å². The van der Waals surface area contributed by atoms with Crippen LogP contribution in [-0.4, -0.2) is 21.6 Å². The second-order valence-electron chi connectivity index (χ2n) is 3.81. The normalized spacial score (nSPS) is 11.3. The lowest BCUT2D eigenvalue weighted by atomic mass is 10.1. The Morgan fingerprint density at radius 3 is 2.57 bits per heavy atom. The zero-order chi connectivity index (χ0) is 15.5. The maximum absolute atomic E-state index is 12.9. The molecular weight excluding hydrogens is 309 g/mol. The minimum Gasteiger partial charge on any atom is -0.464 e. The number of aromatic nitrogens is 3. The van der Waals surface area contributed by atoms with Gasteiger partial charge in [0.15, 0.2) is 0 Å². The maximum Gasteiger partial charge on any atom is 0.418 e. The average Bonchev–Trinajstić information content (AvgIpc) is 2.37. The molecule has 0 spiro atoms. The number of anilines is 2. The molecule has 2 aromatic rings. The van der Waals surface area contributed by atoms with Crippen LogP contribution in [-0.2, 0) is 6.18 Å². The highest BCUT2D eigenvalue weighted by atomic mass is 35.5. The lowest BCUT2D eigenvalue weighted by Gasteiger charge is -2.13. The Morgan fingerprint density at radius 2 is 1.90 bits per heavy atom. The number of hydrogen-bond donors (Lipinski definition) is 1. The summed E-state index contributed by atoms with van der Waals surface area (Å²) in [6.45, 7) is 2.00. The number of nitrogens with one attached hydrogen (secondary N) is 1. The van der Waals surface area contributed by atoms with Crippen LogP contribution in [0.2, 0.25) is 5.28 Å². The van der Waals surface area contributed by atoms with Crippen LogP contribution in [0, 0.1) is 0 Å². The molecule has 2 rings (SSSR count). The van der Waals surface area contributed by atoms with E-state index in [2.05, 4.69) is 20.3 Å². The van der Waals surface area contributed by atoms with E-state index in [0.717, 1.165) is 6.07 Å². The second-order valence-corrected chi connectivity index (χ2v) is 4.15. The lowest BCUT2D eigenvalue weighted by molar-refractivity contribution is -0.136. The minimum absolute atomic E-state index is 0.0653. The summed E-state index contributed by atoms with van der Waals surface area (Å²) < 4.78 is 43.7. The molecule has 21 heavy (non-hydrogen) atoms.